The fourth-order valence-electron chi connectivity index (χ4n) is 5.76. The molecule has 2 aliphatic rings. The highest BCUT2D eigenvalue weighted by Gasteiger charge is 2.50. The Morgan fingerprint density at radius 2 is 1.63 bits per heavy atom. The molecule has 4 heteroatoms. The molecular formula is C26H32N2O2. The van der Waals surface area contributed by atoms with Crippen molar-refractivity contribution in [1.82, 2.24) is 9.80 Å². The van der Waals surface area contributed by atoms with Crippen molar-refractivity contribution in [3.63, 3.8) is 0 Å². The van der Waals surface area contributed by atoms with Crippen LogP contribution in [-0.2, 0) is 6.54 Å². The van der Waals surface area contributed by atoms with E-state index in [1.165, 1.54) is 6.42 Å². The van der Waals surface area contributed by atoms with Crippen LogP contribution in [0.15, 0.2) is 54.6 Å². The predicted molar refractivity (Wildman–Crippen MR) is 119 cm³/mol. The van der Waals surface area contributed by atoms with Crippen LogP contribution in [0.25, 0.3) is 0 Å². The molecule has 1 aliphatic carbocycles. The Morgan fingerprint density at radius 1 is 0.967 bits per heavy atom. The lowest BCUT2D eigenvalue weighted by Gasteiger charge is -2.39. The minimum atomic E-state index is -0.00375. The molecule has 2 amide bonds. The Balaban J connectivity index is 1.42. The molecule has 2 bridgehead atoms. The molecule has 0 aromatic heterocycles. The number of hydrogen-bond donors (Lipinski definition) is 0. The average Bonchev–Trinajstić information content (AvgIpc) is 2.96. The van der Waals surface area contributed by atoms with Crippen LogP contribution in [0.4, 0.5) is 0 Å². The van der Waals surface area contributed by atoms with Crippen molar-refractivity contribution in [2.45, 2.75) is 52.6 Å². The summed E-state index contributed by atoms with van der Waals surface area (Å²) in [6, 6.07) is 17.4. The van der Waals surface area contributed by atoms with E-state index in [-0.39, 0.29) is 17.2 Å². The SMILES string of the molecule is CN(Cc1ccc(C(=O)N2CC3(C)CC2CC(C)(C)C3)cc1)C(=O)c1ccccc1. The highest BCUT2D eigenvalue weighted by Crippen LogP contribution is 2.52. The molecule has 0 N–H and O–H groups in total. The van der Waals surface area contributed by atoms with Gasteiger partial charge in [0.15, 0.2) is 0 Å². The van der Waals surface area contributed by atoms with Gasteiger partial charge in [0.05, 0.1) is 0 Å². The Labute approximate surface area is 179 Å². The summed E-state index contributed by atoms with van der Waals surface area (Å²) in [6.45, 7) is 8.36. The lowest BCUT2D eigenvalue weighted by molar-refractivity contribution is 0.0707. The van der Waals surface area contributed by atoms with Gasteiger partial charge in [-0.15, -0.1) is 0 Å². The third-order valence-electron chi connectivity index (χ3n) is 6.66. The van der Waals surface area contributed by atoms with Crippen molar-refractivity contribution in [3.8, 4) is 0 Å². The number of carbonyl (C=O) groups is 2. The van der Waals surface area contributed by atoms with Crippen LogP contribution in [0.1, 0.15) is 66.3 Å². The number of benzene rings is 2. The lowest BCUT2D eigenvalue weighted by atomic mass is 9.65. The first kappa shape index (κ1) is 20.6. The fourth-order valence-corrected chi connectivity index (χ4v) is 5.76. The minimum Gasteiger partial charge on any atom is -0.337 e. The quantitative estimate of drug-likeness (QED) is 0.719. The molecule has 1 heterocycles. The Hall–Kier alpha value is -2.62. The van der Waals surface area contributed by atoms with Crippen molar-refractivity contribution in [1.29, 1.82) is 0 Å². The molecule has 1 saturated heterocycles. The molecule has 1 saturated carbocycles. The van der Waals surface area contributed by atoms with Crippen LogP contribution in [0.3, 0.4) is 0 Å². The minimum absolute atomic E-state index is 0.00375. The first-order valence-corrected chi connectivity index (χ1v) is 10.9. The van der Waals surface area contributed by atoms with Crippen molar-refractivity contribution in [3.05, 3.63) is 71.3 Å². The number of nitrogens with zero attached hydrogens (tertiary/aromatic N) is 2. The number of hydrogen-bond acceptors (Lipinski definition) is 2. The average molecular weight is 405 g/mol. The zero-order chi connectivity index (χ0) is 21.5. The molecule has 158 valence electrons. The van der Waals surface area contributed by atoms with Crippen LogP contribution in [-0.4, -0.2) is 41.2 Å². The number of carbonyl (C=O) groups excluding carboxylic acids is 2. The maximum absolute atomic E-state index is 13.2. The Bertz CT molecular complexity index is 935. The summed E-state index contributed by atoms with van der Waals surface area (Å²) in [5.41, 5.74) is 2.98. The topological polar surface area (TPSA) is 40.6 Å². The summed E-state index contributed by atoms with van der Waals surface area (Å²) in [7, 11) is 1.81. The van der Waals surface area contributed by atoms with Crippen LogP contribution in [0.2, 0.25) is 0 Å². The van der Waals surface area contributed by atoms with Crippen LogP contribution in [0, 0.1) is 10.8 Å². The van der Waals surface area contributed by atoms with Crippen molar-refractivity contribution >= 4 is 11.8 Å². The summed E-state index contributed by atoms with van der Waals surface area (Å²) in [6.07, 6.45) is 3.38. The van der Waals surface area contributed by atoms with E-state index in [4.69, 9.17) is 0 Å². The third-order valence-corrected chi connectivity index (χ3v) is 6.66. The summed E-state index contributed by atoms with van der Waals surface area (Å²) < 4.78 is 0. The number of rotatable bonds is 4. The maximum Gasteiger partial charge on any atom is 0.254 e. The fraction of sp³-hybridized carbons (Fsp3) is 0.462. The molecule has 2 atom stereocenters. The summed E-state index contributed by atoms with van der Waals surface area (Å²) in [4.78, 5) is 29.6. The number of likely N-dealkylation sites (tertiary alicyclic amines) is 1. The molecule has 2 fully saturated rings. The van der Waals surface area contributed by atoms with Gasteiger partial charge in [0.2, 0.25) is 0 Å². The normalized spacial score (nSPS) is 24.5. The summed E-state index contributed by atoms with van der Waals surface area (Å²) >= 11 is 0. The molecular weight excluding hydrogens is 372 g/mol. The van der Waals surface area contributed by atoms with Gasteiger partial charge in [-0.25, -0.2) is 0 Å². The van der Waals surface area contributed by atoms with Gasteiger partial charge in [0.1, 0.15) is 0 Å². The van der Waals surface area contributed by atoms with Crippen LogP contribution >= 0.6 is 0 Å². The van der Waals surface area contributed by atoms with Crippen molar-refractivity contribution < 1.29 is 9.59 Å². The van der Waals surface area contributed by atoms with Crippen molar-refractivity contribution in [2.75, 3.05) is 13.6 Å². The molecule has 2 unspecified atom stereocenters. The van der Waals surface area contributed by atoms with Gasteiger partial charge in [-0.1, -0.05) is 51.1 Å². The first-order valence-electron chi connectivity index (χ1n) is 10.9. The second-order valence-corrected chi connectivity index (χ2v) is 10.4. The zero-order valence-corrected chi connectivity index (χ0v) is 18.5. The molecule has 0 radical (unpaired) electrons. The van der Waals surface area contributed by atoms with Gasteiger partial charge < -0.3 is 9.80 Å². The van der Waals surface area contributed by atoms with Crippen LogP contribution < -0.4 is 0 Å². The van der Waals surface area contributed by atoms with E-state index in [1.807, 2.05) is 54.6 Å². The summed E-state index contributed by atoms with van der Waals surface area (Å²) in [5, 5.41) is 0. The Morgan fingerprint density at radius 3 is 2.30 bits per heavy atom. The van der Waals surface area contributed by atoms with Gasteiger partial charge in [0, 0.05) is 37.3 Å². The van der Waals surface area contributed by atoms with Crippen molar-refractivity contribution in [2.24, 2.45) is 10.8 Å². The van der Waals surface area contributed by atoms with Gasteiger partial charge in [-0.2, -0.15) is 0 Å². The molecule has 2 aromatic carbocycles. The van der Waals surface area contributed by atoms with E-state index in [1.54, 1.807) is 11.9 Å². The van der Waals surface area contributed by atoms with Gasteiger partial charge in [0.25, 0.3) is 11.8 Å². The number of fused-ring (bicyclic) bond motifs is 2. The van der Waals surface area contributed by atoms with Gasteiger partial charge >= 0.3 is 0 Å². The standard InChI is InChI=1S/C26H32N2O2/c1-25(2)14-22-15-26(3,17-25)18-28(22)24(30)21-12-10-19(11-13-21)16-27(4)23(29)20-8-6-5-7-9-20/h5-13,22H,14-18H2,1-4H3. The second-order valence-electron chi connectivity index (χ2n) is 10.4. The van der Waals surface area contributed by atoms with E-state index in [0.29, 0.717) is 23.6 Å². The van der Waals surface area contributed by atoms with Gasteiger partial charge in [-0.3, -0.25) is 9.59 Å². The lowest BCUT2D eigenvalue weighted by Crippen LogP contribution is -2.37. The monoisotopic (exact) mass is 404 g/mol. The highest BCUT2D eigenvalue weighted by atomic mass is 16.2. The number of amides is 2. The van der Waals surface area contributed by atoms with E-state index in [9.17, 15) is 9.59 Å². The first-order chi connectivity index (χ1) is 14.2. The van der Waals surface area contributed by atoms with E-state index >= 15 is 0 Å². The van der Waals surface area contributed by atoms with E-state index < -0.39 is 0 Å². The summed E-state index contributed by atoms with van der Waals surface area (Å²) in [5.74, 6) is 0.137. The molecule has 30 heavy (non-hydrogen) atoms. The predicted octanol–water partition coefficient (Wildman–Crippen LogP) is 5.00. The third kappa shape index (κ3) is 4.14. The highest BCUT2D eigenvalue weighted by molar-refractivity contribution is 5.95. The smallest absolute Gasteiger partial charge is 0.254 e. The van der Waals surface area contributed by atoms with E-state index in [0.717, 1.165) is 30.5 Å². The molecule has 2 aromatic rings. The maximum atomic E-state index is 13.2. The molecule has 4 nitrogen and oxygen atoms in total. The zero-order valence-electron chi connectivity index (χ0n) is 18.5. The molecule has 4 rings (SSSR count). The molecule has 0 spiro atoms. The Kier molecular flexibility index (Phi) is 5.21. The van der Waals surface area contributed by atoms with E-state index in [2.05, 4.69) is 25.7 Å². The second kappa shape index (κ2) is 7.57. The van der Waals surface area contributed by atoms with Crippen LogP contribution in [0.5, 0.6) is 0 Å². The molecule has 1 aliphatic heterocycles. The van der Waals surface area contributed by atoms with Gasteiger partial charge in [-0.05, 0) is 59.9 Å². The largest absolute Gasteiger partial charge is 0.337 e.